The molecule has 1 aromatic rings. The molecule has 1 aromatic heterocycles. The predicted octanol–water partition coefficient (Wildman–Crippen LogP) is 2.01. The lowest BCUT2D eigenvalue weighted by Crippen LogP contribution is -2.20. The Morgan fingerprint density at radius 3 is 2.94 bits per heavy atom. The number of pyridine rings is 1. The second-order valence-corrected chi connectivity index (χ2v) is 3.57. The normalized spacial score (nSPS) is 10.0. The summed E-state index contributed by atoms with van der Waals surface area (Å²) in [7, 11) is 0. The van der Waals surface area contributed by atoms with Gasteiger partial charge in [-0.1, -0.05) is 6.07 Å². The van der Waals surface area contributed by atoms with Gasteiger partial charge >= 0.3 is 5.97 Å². The van der Waals surface area contributed by atoms with Crippen molar-refractivity contribution in [3.63, 3.8) is 0 Å². The van der Waals surface area contributed by atoms with E-state index >= 15 is 0 Å². The van der Waals surface area contributed by atoms with E-state index in [2.05, 4.69) is 4.98 Å². The summed E-state index contributed by atoms with van der Waals surface area (Å²) in [4.78, 5) is 15.1. The summed E-state index contributed by atoms with van der Waals surface area (Å²) in [6.07, 6.45) is 3.43. The molecule has 1 rings (SSSR count). The lowest BCUT2D eigenvalue weighted by atomic mass is 10.2. The van der Waals surface area contributed by atoms with E-state index in [4.69, 9.17) is 4.74 Å². The third-order valence-electron chi connectivity index (χ3n) is 2.22. The van der Waals surface area contributed by atoms with E-state index in [1.165, 1.54) is 0 Å². The van der Waals surface area contributed by atoms with Crippen molar-refractivity contribution in [3.8, 4) is 0 Å². The van der Waals surface area contributed by atoms with E-state index in [1.807, 2.05) is 6.07 Å². The summed E-state index contributed by atoms with van der Waals surface area (Å²) in [5.74, 6) is 0.332. The number of carbonyl (C=O) groups is 1. The first-order valence-corrected chi connectivity index (χ1v) is 5.77. The number of aromatic nitrogens is 1. The zero-order valence-electron chi connectivity index (χ0n) is 10.0. The van der Waals surface area contributed by atoms with E-state index in [0.717, 1.165) is 5.06 Å². The smallest absolute Gasteiger partial charge is 0.305 e. The Balaban J connectivity index is 2.17. The molecule has 5 nitrogen and oxygen atoms in total. The quantitative estimate of drug-likeness (QED) is 0.447. The highest BCUT2D eigenvalue weighted by Crippen LogP contribution is 2.08. The van der Waals surface area contributed by atoms with Gasteiger partial charge < -0.3 is 4.74 Å². The second kappa shape index (κ2) is 7.62. The average molecular weight is 238 g/mol. The third kappa shape index (κ3) is 5.31. The number of carbonyl (C=O) groups excluding carboxylic acids is 1. The van der Waals surface area contributed by atoms with Gasteiger partial charge in [-0.05, 0) is 31.9 Å². The van der Waals surface area contributed by atoms with Crippen LogP contribution in [-0.2, 0) is 9.53 Å². The minimum absolute atomic E-state index is 0.185. The van der Waals surface area contributed by atoms with Crippen molar-refractivity contribution < 1.29 is 14.7 Å². The molecule has 0 saturated heterocycles. The van der Waals surface area contributed by atoms with E-state index in [9.17, 15) is 10.0 Å². The van der Waals surface area contributed by atoms with Crippen molar-refractivity contribution in [1.29, 1.82) is 0 Å². The Kier molecular flexibility index (Phi) is 6.03. The molecule has 17 heavy (non-hydrogen) atoms. The van der Waals surface area contributed by atoms with E-state index < -0.39 is 0 Å². The van der Waals surface area contributed by atoms with Gasteiger partial charge in [0.05, 0.1) is 6.61 Å². The number of nitrogens with zero attached hydrogens (tertiary/aromatic N) is 2. The molecule has 1 N–H and O–H groups in total. The Hall–Kier alpha value is -1.62. The number of anilines is 1. The molecule has 0 bridgehead atoms. The van der Waals surface area contributed by atoms with Crippen molar-refractivity contribution in [2.45, 2.75) is 26.2 Å². The van der Waals surface area contributed by atoms with E-state index in [0.29, 0.717) is 38.2 Å². The van der Waals surface area contributed by atoms with E-state index in [-0.39, 0.29) is 5.97 Å². The van der Waals surface area contributed by atoms with Crippen LogP contribution in [0.25, 0.3) is 0 Å². The fourth-order valence-electron chi connectivity index (χ4n) is 1.39. The Morgan fingerprint density at radius 1 is 1.47 bits per heavy atom. The first-order valence-electron chi connectivity index (χ1n) is 5.77. The summed E-state index contributed by atoms with van der Waals surface area (Å²) in [5.41, 5.74) is 0. The molecule has 0 aliphatic heterocycles. The number of ether oxygens (including phenoxy) is 1. The lowest BCUT2D eigenvalue weighted by molar-refractivity contribution is -0.143. The van der Waals surface area contributed by atoms with Crippen molar-refractivity contribution in [2.24, 2.45) is 0 Å². The maximum Gasteiger partial charge on any atom is 0.305 e. The van der Waals surface area contributed by atoms with Crippen LogP contribution in [0.3, 0.4) is 0 Å². The van der Waals surface area contributed by atoms with Crippen molar-refractivity contribution >= 4 is 11.8 Å². The zero-order valence-corrected chi connectivity index (χ0v) is 10.0. The largest absolute Gasteiger partial charge is 0.466 e. The number of hydrogen-bond donors (Lipinski definition) is 1. The molecule has 0 aromatic carbocycles. The maximum absolute atomic E-state index is 11.0. The molecule has 0 amide bonds. The number of hydroxylamine groups is 1. The van der Waals surface area contributed by atoms with Gasteiger partial charge in [-0.2, -0.15) is 0 Å². The van der Waals surface area contributed by atoms with Gasteiger partial charge in [0.1, 0.15) is 0 Å². The Bertz CT molecular complexity index is 330. The van der Waals surface area contributed by atoms with Gasteiger partial charge in [0, 0.05) is 19.2 Å². The topological polar surface area (TPSA) is 62.7 Å². The molecule has 0 saturated carbocycles. The Labute approximate surface area is 101 Å². The lowest BCUT2D eigenvalue weighted by Gasteiger charge is -2.14. The molecular formula is C12H18N2O3. The van der Waals surface area contributed by atoms with Crippen LogP contribution in [-0.4, -0.2) is 29.3 Å². The minimum Gasteiger partial charge on any atom is -0.466 e. The molecule has 0 unspecified atom stereocenters. The van der Waals surface area contributed by atoms with Crippen molar-refractivity contribution in [1.82, 2.24) is 4.98 Å². The minimum atomic E-state index is -0.185. The summed E-state index contributed by atoms with van der Waals surface area (Å²) >= 11 is 0. The van der Waals surface area contributed by atoms with Gasteiger partial charge in [-0.25, -0.2) is 10.0 Å². The maximum atomic E-state index is 11.0. The van der Waals surface area contributed by atoms with Crippen LogP contribution in [0.4, 0.5) is 5.82 Å². The zero-order chi connectivity index (χ0) is 12.5. The van der Waals surface area contributed by atoms with Gasteiger partial charge in [0.2, 0.25) is 0 Å². The molecular weight excluding hydrogens is 220 g/mol. The SMILES string of the molecule is CCOC(=O)CCCCN(O)c1ccccn1. The molecule has 0 spiro atoms. The van der Waals surface area contributed by atoms with Crippen LogP contribution in [0.2, 0.25) is 0 Å². The highest BCUT2D eigenvalue weighted by Gasteiger charge is 2.05. The molecule has 5 heteroatoms. The molecule has 0 fully saturated rings. The second-order valence-electron chi connectivity index (χ2n) is 3.57. The highest BCUT2D eigenvalue weighted by molar-refractivity contribution is 5.69. The summed E-state index contributed by atoms with van der Waals surface area (Å²) in [5, 5.41) is 10.7. The number of rotatable bonds is 7. The van der Waals surface area contributed by atoms with Crippen LogP contribution in [0.15, 0.2) is 24.4 Å². The number of hydrogen-bond acceptors (Lipinski definition) is 5. The fraction of sp³-hybridized carbons (Fsp3) is 0.500. The third-order valence-corrected chi connectivity index (χ3v) is 2.22. The van der Waals surface area contributed by atoms with Crippen LogP contribution in [0, 0.1) is 0 Å². The molecule has 0 atom stereocenters. The van der Waals surface area contributed by atoms with Crippen molar-refractivity contribution in [3.05, 3.63) is 24.4 Å². The van der Waals surface area contributed by atoms with Gasteiger partial charge in [-0.3, -0.25) is 10.0 Å². The fourth-order valence-corrected chi connectivity index (χ4v) is 1.39. The molecule has 0 aliphatic rings. The van der Waals surface area contributed by atoms with Gasteiger partial charge in [-0.15, -0.1) is 0 Å². The monoisotopic (exact) mass is 238 g/mol. The first-order chi connectivity index (χ1) is 8.24. The molecule has 0 aliphatic carbocycles. The van der Waals surface area contributed by atoms with E-state index in [1.54, 1.807) is 25.3 Å². The summed E-state index contributed by atoms with van der Waals surface area (Å²) in [6.45, 7) is 2.66. The van der Waals surface area contributed by atoms with Gasteiger partial charge in [0.15, 0.2) is 5.82 Å². The van der Waals surface area contributed by atoms with Crippen LogP contribution in [0.1, 0.15) is 26.2 Å². The summed E-state index contributed by atoms with van der Waals surface area (Å²) in [6, 6.07) is 5.33. The van der Waals surface area contributed by atoms with Crippen LogP contribution in [0.5, 0.6) is 0 Å². The first kappa shape index (κ1) is 13.4. The standard InChI is InChI=1S/C12H18N2O3/c1-2-17-12(15)8-4-6-10-14(16)11-7-3-5-9-13-11/h3,5,7,9,16H,2,4,6,8,10H2,1H3. The van der Waals surface area contributed by atoms with Crippen LogP contribution >= 0.6 is 0 Å². The average Bonchev–Trinajstić information content (AvgIpc) is 2.36. The van der Waals surface area contributed by atoms with Crippen molar-refractivity contribution in [2.75, 3.05) is 18.2 Å². The molecule has 0 radical (unpaired) electrons. The predicted molar refractivity (Wildman–Crippen MR) is 63.9 cm³/mol. The van der Waals surface area contributed by atoms with Gasteiger partial charge in [0.25, 0.3) is 0 Å². The number of esters is 1. The number of unbranched alkanes of at least 4 members (excludes halogenated alkanes) is 1. The molecule has 1 heterocycles. The van der Waals surface area contributed by atoms with Crippen LogP contribution < -0.4 is 5.06 Å². The Morgan fingerprint density at radius 2 is 2.29 bits per heavy atom. The highest BCUT2D eigenvalue weighted by atomic mass is 16.5. The summed E-state index contributed by atoms with van der Waals surface area (Å²) < 4.78 is 4.81. The molecule has 94 valence electrons.